The number of isocyanates is 1. The average molecular weight is 322 g/mol. The fourth-order valence-corrected chi connectivity index (χ4v) is 6.61. The van der Waals surface area contributed by atoms with Crippen LogP contribution in [0.25, 0.3) is 0 Å². The third-order valence-electron chi connectivity index (χ3n) is 3.87. The number of sulfonamides is 1. The Morgan fingerprint density at radius 2 is 1.75 bits per heavy atom. The van der Waals surface area contributed by atoms with Gasteiger partial charge in [-0.2, -0.15) is 9.30 Å². The minimum Gasteiger partial charge on any atom is -0.229 e. The van der Waals surface area contributed by atoms with Gasteiger partial charge >= 0.3 is 0 Å². The molecule has 1 unspecified atom stereocenters. The van der Waals surface area contributed by atoms with Gasteiger partial charge in [0.1, 0.15) is 16.0 Å². The lowest BCUT2D eigenvalue weighted by Crippen LogP contribution is -2.48. The summed E-state index contributed by atoms with van der Waals surface area (Å²) in [6.07, 6.45) is 3.06. The summed E-state index contributed by atoms with van der Waals surface area (Å²) in [5.41, 5.74) is 0. The van der Waals surface area contributed by atoms with Gasteiger partial charge in [0.25, 0.3) is 0 Å². The van der Waals surface area contributed by atoms with Gasteiger partial charge in [-0.15, -0.1) is 0 Å². The van der Waals surface area contributed by atoms with E-state index in [0.717, 1.165) is 12.8 Å². The van der Waals surface area contributed by atoms with E-state index in [4.69, 9.17) is 0 Å². The van der Waals surface area contributed by atoms with Crippen molar-refractivity contribution in [3.05, 3.63) is 0 Å². The third-order valence-corrected chi connectivity index (χ3v) is 7.98. The molecule has 2 rings (SSSR count). The topological polar surface area (TPSA) is 101 Å². The number of hydrogen-bond donors (Lipinski definition) is 0. The smallest absolute Gasteiger partial charge is 0.229 e. The SMILES string of the molecule is O=C=NC1CCCCN1S(=O)(=O)C1CCS(=O)(=O)CC1. The third kappa shape index (κ3) is 3.28. The van der Waals surface area contributed by atoms with E-state index in [1.54, 1.807) is 0 Å². The van der Waals surface area contributed by atoms with Crippen LogP contribution in [0, 0.1) is 0 Å². The normalized spacial score (nSPS) is 28.7. The van der Waals surface area contributed by atoms with Crippen molar-refractivity contribution >= 4 is 25.9 Å². The number of hydrogen-bond acceptors (Lipinski definition) is 6. The molecule has 0 aromatic carbocycles. The van der Waals surface area contributed by atoms with Crippen molar-refractivity contribution < 1.29 is 21.6 Å². The van der Waals surface area contributed by atoms with Crippen molar-refractivity contribution in [1.29, 1.82) is 0 Å². The number of rotatable bonds is 3. The molecule has 114 valence electrons. The van der Waals surface area contributed by atoms with Crippen LogP contribution in [0.5, 0.6) is 0 Å². The highest BCUT2D eigenvalue weighted by Crippen LogP contribution is 2.28. The lowest BCUT2D eigenvalue weighted by molar-refractivity contribution is 0.256. The van der Waals surface area contributed by atoms with E-state index in [1.807, 2.05) is 0 Å². The van der Waals surface area contributed by atoms with E-state index in [1.165, 1.54) is 10.4 Å². The van der Waals surface area contributed by atoms with E-state index in [-0.39, 0.29) is 24.3 Å². The molecule has 0 aliphatic carbocycles. The largest absolute Gasteiger partial charge is 0.236 e. The second-order valence-corrected chi connectivity index (χ2v) is 9.67. The Balaban J connectivity index is 2.18. The summed E-state index contributed by atoms with van der Waals surface area (Å²) in [5, 5.41) is -0.687. The van der Waals surface area contributed by atoms with Crippen LogP contribution in [0.3, 0.4) is 0 Å². The summed E-state index contributed by atoms with van der Waals surface area (Å²) in [6, 6.07) is 0. The molecule has 0 aromatic rings. The number of nitrogens with zero attached hydrogens (tertiary/aromatic N) is 2. The molecule has 0 N–H and O–H groups in total. The van der Waals surface area contributed by atoms with Crippen LogP contribution in [0.2, 0.25) is 0 Å². The van der Waals surface area contributed by atoms with Crippen molar-refractivity contribution in [3.63, 3.8) is 0 Å². The van der Waals surface area contributed by atoms with Gasteiger partial charge in [-0.25, -0.2) is 21.6 Å². The van der Waals surface area contributed by atoms with Crippen LogP contribution >= 0.6 is 0 Å². The van der Waals surface area contributed by atoms with Gasteiger partial charge in [0.15, 0.2) is 0 Å². The highest BCUT2D eigenvalue weighted by molar-refractivity contribution is 7.92. The summed E-state index contributed by atoms with van der Waals surface area (Å²) < 4.78 is 49.2. The van der Waals surface area contributed by atoms with Crippen molar-refractivity contribution in [2.45, 2.75) is 43.5 Å². The molecular weight excluding hydrogens is 304 g/mol. The Morgan fingerprint density at radius 3 is 2.35 bits per heavy atom. The molecule has 0 amide bonds. The summed E-state index contributed by atoms with van der Waals surface area (Å²) in [6.45, 7) is 0.335. The van der Waals surface area contributed by atoms with Crippen LogP contribution in [0.15, 0.2) is 4.99 Å². The molecule has 0 aromatic heterocycles. The molecule has 0 spiro atoms. The summed E-state index contributed by atoms with van der Waals surface area (Å²) >= 11 is 0. The van der Waals surface area contributed by atoms with Gasteiger partial charge in [0.2, 0.25) is 16.1 Å². The highest BCUT2D eigenvalue weighted by Gasteiger charge is 2.40. The molecule has 2 fully saturated rings. The van der Waals surface area contributed by atoms with Gasteiger partial charge in [0, 0.05) is 6.54 Å². The van der Waals surface area contributed by atoms with E-state index < -0.39 is 31.3 Å². The Hall–Kier alpha value is -0.760. The minimum atomic E-state index is -3.61. The van der Waals surface area contributed by atoms with Crippen LogP contribution in [0.4, 0.5) is 0 Å². The molecule has 0 saturated carbocycles. The van der Waals surface area contributed by atoms with Crippen LogP contribution in [0.1, 0.15) is 32.1 Å². The lowest BCUT2D eigenvalue weighted by Gasteiger charge is -2.35. The fourth-order valence-electron chi connectivity index (χ4n) is 2.73. The Bertz CT molecular complexity index is 593. The van der Waals surface area contributed by atoms with Gasteiger partial charge in [-0.05, 0) is 32.1 Å². The Morgan fingerprint density at radius 1 is 1.10 bits per heavy atom. The molecule has 2 heterocycles. The van der Waals surface area contributed by atoms with Gasteiger partial charge < -0.3 is 0 Å². The second kappa shape index (κ2) is 5.93. The van der Waals surface area contributed by atoms with Crippen LogP contribution in [-0.2, 0) is 24.7 Å². The summed E-state index contributed by atoms with van der Waals surface area (Å²) in [5.74, 6) is -0.182. The average Bonchev–Trinajstić information content (AvgIpc) is 2.39. The zero-order chi connectivity index (χ0) is 14.8. The molecule has 20 heavy (non-hydrogen) atoms. The molecule has 9 heteroatoms. The van der Waals surface area contributed by atoms with Gasteiger partial charge in [-0.1, -0.05) is 0 Å². The Labute approximate surface area is 119 Å². The number of carbonyl (C=O) groups excluding carboxylic acids is 1. The number of aliphatic imine (C=N–C) groups is 1. The Kier molecular flexibility index (Phi) is 4.63. The van der Waals surface area contributed by atoms with Crippen molar-refractivity contribution in [2.75, 3.05) is 18.1 Å². The zero-order valence-corrected chi connectivity index (χ0v) is 12.7. The monoisotopic (exact) mass is 322 g/mol. The van der Waals surface area contributed by atoms with Gasteiger partial charge in [0.05, 0.1) is 16.8 Å². The van der Waals surface area contributed by atoms with E-state index in [9.17, 15) is 21.6 Å². The minimum absolute atomic E-state index is 0.0909. The lowest BCUT2D eigenvalue weighted by atomic mass is 10.1. The number of piperidine rings is 1. The predicted molar refractivity (Wildman–Crippen MR) is 73.1 cm³/mol. The molecule has 7 nitrogen and oxygen atoms in total. The van der Waals surface area contributed by atoms with Crippen LogP contribution in [-0.4, -0.2) is 56.7 Å². The molecule has 2 aliphatic heterocycles. The molecule has 1 atom stereocenters. The molecule has 0 radical (unpaired) electrons. The quantitative estimate of drug-likeness (QED) is 0.539. The molecule has 0 bridgehead atoms. The van der Waals surface area contributed by atoms with E-state index in [2.05, 4.69) is 4.99 Å². The molecule has 2 aliphatic rings. The van der Waals surface area contributed by atoms with Crippen molar-refractivity contribution in [2.24, 2.45) is 4.99 Å². The maximum Gasteiger partial charge on any atom is 0.236 e. The highest BCUT2D eigenvalue weighted by atomic mass is 32.2. The predicted octanol–water partition coefficient (Wildman–Crippen LogP) is 0.0412. The first-order chi connectivity index (χ1) is 9.37. The van der Waals surface area contributed by atoms with E-state index >= 15 is 0 Å². The second-order valence-electron chi connectivity index (χ2n) is 5.20. The first-order valence-corrected chi connectivity index (χ1v) is 9.97. The maximum absolute atomic E-state index is 12.6. The first kappa shape index (κ1) is 15.6. The molecular formula is C11H18N2O5S2. The zero-order valence-electron chi connectivity index (χ0n) is 11.1. The maximum atomic E-state index is 12.6. The fraction of sp³-hybridized carbons (Fsp3) is 0.909. The van der Waals surface area contributed by atoms with Crippen LogP contribution < -0.4 is 0 Å². The first-order valence-electron chi connectivity index (χ1n) is 6.65. The summed E-state index contributed by atoms with van der Waals surface area (Å²) in [4.78, 5) is 14.0. The molecule has 2 saturated heterocycles. The van der Waals surface area contributed by atoms with Gasteiger partial charge in [-0.3, -0.25) is 0 Å². The van der Waals surface area contributed by atoms with E-state index in [0.29, 0.717) is 13.0 Å². The standard InChI is InChI=1S/C11H18N2O5S2/c14-9-12-11-3-1-2-6-13(11)20(17,18)10-4-7-19(15,16)8-5-10/h10-11H,1-8H2. The van der Waals surface area contributed by atoms with Crippen molar-refractivity contribution in [3.8, 4) is 0 Å². The number of sulfone groups is 1. The van der Waals surface area contributed by atoms with Crippen molar-refractivity contribution in [1.82, 2.24) is 4.31 Å². The summed E-state index contributed by atoms with van der Waals surface area (Å²) in [7, 11) is -6.71.